The Kier molecular flexibility index (Phi) is 15.9. The van der Waals surface area contributed by atoms with Crippen LogP contribution in [-0.4, -0.2) is 165 Å². The molecule has 0 spiro atoms. The molecule has 3 aromatic heterocycles. The summed E-state index contributed by atoms with van der Waals surface area (Å²) in [6, 6.07) is 20.1. The Balaban J connectivity index is 0.731. The van der Waals surface area contributed by atoms with Gasteiger partial charge in [0.1, 0.15) is 17.9 Å². The van der Waals surface area contributed by atoms with Gasteiger partial charge in [-0.15, -0.1) is 13.2 Å². The number of alkyl halides is 3. The normalized spacial score (nSPS) is 16.1. The van der Waals surface area contributed by atoms with Crippen molar-refractivity contribution < 1.29 is 41.5 Å². The number of likely N-dealkylation sites (tertiary alicyclic amines) is 1. The highest BCUT2D eigenvalue weighted by Gasteiger charge is 2.33. The van der Waals surface area contributed by atoms with Gasteiger partial charge in [-0.25, -0.2) is 24.4 Å². The predicted molar refractivity (Wildman–Crippen MR) is 264 cm³/mol. The Labute approximate surface area is 422 Å². The Bertz CT molecular complexity index is 3050. The second-order valence-electron chi connectivity index (χ2n) is 18.6. The fourth-order valence-electron chi connectivity index (χ4n) is 9.61. The molecule has 3 aliphatic rings. The van der Waals surface area contributed by atoms with Crippen LogP contribution in [0.25, 0.3) is 21.9 Å². The van der Waals surface area contributed by atoms with Crippen LogP contribution in [0.15, 0.2) is 102 Å². The van der Waals surface area contributed by atoms with E-state index in [0.29, 0.717) is 84.0 Å². The third kappa shape index (κ3) is 12.9. The minimum absolute atomic E-state index is 0.00451. The first-order valence-corrected chi connectivity index (χ1v) is 24.4. The third-order valence-electron chi connectivity index (χ3n) is 13.6. The molecule has 6 aromatic rings. The highest BCUT2D eigenvalue weighted by atomic mass is 19.4. The molecule has 74 heavy (non-hydrogen) atoms. The molecular formula is C52H54F4N12O6. The molecule has 4 amide bonds. The average molecular weight is 1020 g/mol. The highest BCUT2D eigenvalue weighted by molar-refractivity contribution is 6.03. The van der Waals surface area contributed by atoms with Crippen LogP contribution < -0.4 is 20.9 Å². The van der Waals surface area contributed by atoms with E-state index < -0.39 is 29.7 Å². The van der Waals surface area contributed by atoms with Gasteiger partial charge in [0, 0.05) is 108 Å². The predicted octanol–water partition coefficient (Wildman–Crippen LogP) is 4.59. The lowest BCUT2D eigenvalue weighted by atomic mass is 9.95. The van der Waals surface area contributed by atoms with Crippen LogP contribution in [0.3, 0.4) is 0 Å². The van der Waals surface area contributed by atoms with E-state index in [1.807, 2.05) is 6.07 Å². The Hall–Kier alpha value is -7.69. The van der Waals surface area contributed by atoms with Crippen molar-refractivity contribution in [3.05, 3.63) is 142 Å². The summed E-state index contributed by atoms with van der Waals surface area (Å²) in [7, 11) is 0. The first-order valence-electron chi connectivity index (χ1n) is 24.4. The van der Waals surface area contributed by atoms with Crippen LogP contribution in [0, 0.1) is 11.7 Å². The molecular weight excluding hydrogens is 965 g/mol. The van der Waals surface area contributed by atoms with Gasteiger partial charge in [0.2, 0.25) is 11.8 Å². The smallest absolute Gasteiger partial charge is 0.406 e. The lowest BCUT2D eigenvalue weighted by Gasteiger charge is -2.40. The second-order valence-corrected chi connectivity index (χ2v) is 18.6. The minimum atomic E-state index is -4.89. The zero-order valence-corrected chi connectivity index (χ0v) is 40.3. The topological polar surface area (TPSA) is 202 Å². The van der Waals surface area contributed by atoms with E-state index in [0.717, 1.165) is 32.5 Å². The number of nitrogens with zero attached hydrogens (tertiary/aromatic N) is 9. The maximum atomic E-state index is 15.1. The number of pyridine rings is 1. The Morgan fingerprint density at radius 3 is 2.23 bits per heavy atom. The minimum Gasteiger partial charge on any atom is -0.406 e. The fraction of sp³-hybridized carbons (Fsp3) is 0.365. The van der Waals surface area contributed by atoms with E-state index in [4.69, 9.17) is 0 Å². The summed E-state index contributed by atoms with van der Waals surface area (Å²) < 4.78 is 58.3. The number of piperidine rings is 1. The number of piperazine rings is 2. The summed E-state index contributed by atoms with van der Waals surface area (Å²) in [5.74, 6) is -2.08. The van der Waals surface area contributed by atoms with E-state index >= 15 is 4.39 Å². The molecule has 3 aromatic carbocycles. The van der Waals surface area contributed by atoms with Crippen molar-refractivity contribution in [2.45, 2.75) is 32.2 Å². The van der Waals surface area contributed by atoms with Gasteiger partial charge < -0.3 is 35.0 Å². The standard InChI is InChI=1S/C52H54F4N12O6/c53-43-9-8-35(25-44-40-6-1-2-7-41(40)49(71)63-62-44)24-42(43)50(72)68-22-20-66(21-23-68)47(70)32-65-18-16-64(17-19-65)31-34-11-14-67(15-12-34)51(73)48-45(61-46(69)30-58-29-38-10-13-57-33-60-38)27-37(28-59-48)36-4-3-5-39(26-36)74-52(54,55)56/h1-10,13,24,26-28,33-34,58H,11-12,14-23,25,29-32H2,(H,61,69)(H,63,71). The molecule has 0 unspecified atom stereocenters. The van der Waals surface area contributed by atoms with Crippen LogP contribution in [0.1, 0.15) is 50.6 Å². The van der Waals surface area contributed by atoms with Gasteiger partial charge >= 0.3 is 6.36 Å². The number of rotatable bonds is 15. The Morgan fingerprint density at radius 2 is 1.49 bits per heavy atom. The number of H-pyrrole nitrogens is 1. The van der Waals surface area contributed by atoms with Crippen molar-refractivity contribution in [2.24, 2.45) is 5.92 Å². The van der Waals surface area contributed by atoms with Gasteiger partial charge in [-0.2, -0.15) is 5.10 Å². The number of carbonyl (C=O) groups excluding carboxylic acids is 4. The molecule has 0 bridgehead atoms. The first kappa shape index (κ1) is 51.2. The SMILES string of the molecule is O=C(CNCc1ccncn1)Nc1cc(-c2cccc(OC(F)(F)F)c2)cnc1C(=O)N1CCC(CN2CCN(CC(=O)N3CCN(C(=O)c4cc(Cc5n[nH]c(=O)c6ccccc56)ccc4F)CC3)CC2)CC1. The molecule has 0 atom stereocenters. The van der Waals surface area contributed by atoms with Crippen molar-refractivity contribution in [1.29, 1.82) is 0 Å². The van der Waals surface area contributed by atoms with Gasteiger partial charge in [-0.1, -0.05) is 36.4 Å². The molecule has 3 aliphatic heterocycles. The van der Waals surface area contributed by atoms with Gasteiger partial charge in [0.15, 0.2) is 5.69 Å². The molecule has 22 heteroatoms. The number of amides is 4. The number of carbonyl (C=O) groups is 4. The molecule has 3 saturated heterocycles. The van der Waals surface area contributed by atoms with E-state index in [1.54, 1.807) is 57.3 Å². The molecule has 0 aliphatic carbocycles. The number of halogens is 4. The van der Waals surface area contributed by atoms with Crippen LogP contribution in [0.5, 0.6) is 5.75 Å². The molecule has 9 rings (SSSR count). The third-order valence-corrected chi connectivity index (χ3v) is 13.6. The van der Waals surface area contributed by atoms with Gasteiger partial charge in [0.25, 0.3) is 17.4 Å². The van der Waals surface area contributed by atoms with E-state index in [1.165, 1.54) is 48.9 Å². The van der Waals surface area contributed by atoms with Crippen molar-refractivity contribution in [3.63, 3.8) is 0 Å². The van der Waals surface area contributed by atoms with Crippen molar-refractivity contribution in [2.75, 3.05) is 90.4 Å². The maximum absolute atomic E-state index is 15.1. The fourth-order valence-corrected chi connectivity index (χ4v) is 9.61. The summed E-state index contributed by atoms with van der Waals surface area (Å²) >= 11 is 0. The van der Waals surface area contributed by atoms with Crippen LogP contribution in [0.4, 0.5) is 23.2 Å². The number of benzene rings is 3. The van der Waals surface area contributed by atoms with Gasteiger partial charge in [-0.3, -0.25) is 28.9 Å². The van der Waals surface area contributed by atoms with Crippen LogP contribution >= 0.6 is 0 Å². The number of hydrogen-bond donors (Lipinski definition) is 3. The monoisotopic (exact) mass is 1020 g/mol. The quantitative estimate of drug-likeness (QED) is 0.121. The number of aromatic amines is 1. The summed E-state index contributed by atoms with van der Waals surface area (Å²) in [4.78, 5) is 88.6. The molecule has 0 radical (unpaired) electrons. The number of fused-ring (bicyclic) bond motifs is 1. The number of hydrogen-bond acceptors (Lipinski definition) is 13. The first-order chi connectivity index (χ1) is 35.7. The molecule has 6 heterocycles. The summed E-state index contributed by atoms with van der Waals surface area (Å²) in [6.45, 7) is 6.30. The lowest BCUT2D eigenvalue weighted by Crippen LogP contribution is -2.55. The maximum Gasteiger partial charge on any atom is 0.573 e. The molecule has 0 saturated carbocycles. The lowest BCUT2D eigenvalue weighted by molar-refractivity contribution is -0.274. The largest absolute Gasteiger partial charge is 0.573 e. The molecule has 18 nitrogen and oxygen atoms in total. The molecule has 3 fully saturated rings. The zero-order chi connectivity index (χ0) is 51.8. The van der Waals surface area contributed by atoms with Gasteiger partial charge in [-0.05, 0) is 72.4 Å². The number of aromatic nitrogens is 5. The van der Waals surface area contributed by atoms with E-state index in [2.05, 4.69) is 50.3 Å². The number of ether oxygens (including phenoxy) is 1. The number of nitrogens with one attached hydrogen (secondary N) is 3. The van der Waals surface area contributed by atoms with Crippen LogP contribution in [-0.2, 0) is 22.6 Å². The van der Waals surface area contributed by atoms with Crippen molar-refractivity contribution in [1.82, 2.24) is 55.0 Å². The molecule has 386 valence electrons. The zero-order valence-electron chi connectivity index (χ0n) is 40.3. The summed E-state index contributed by atoms with van der Waals surface area (Å²) in [6.07, 6.45) is 1.22. The Morgan fingerprint density at radius 1 is 0.757 bits per heavy atom. The van der Waals surface area contributed by atoms with E-state index in [-0.39, 0.29) is 73.5 Å². The van der Waals surface area contributed by atoms with E-state index in [9.17, 15) is 37.1 Å². The highest BCUT2D eigenvalue weighted by Crippen LogP contribution is 2.31. The van der Waals surface area contributed by atoms with Crippen molar-refractivity contribution >= 4 is 40.1 Å². The second kappa shape index (κ2) is 23.0. The van der Waals surface area contributed by atoms with Crippen molar-refractivity contribution in [3.8, 4) is 16.9 Å². The van der Waals surface area contributed by atoms with Crippen LogP contribution in [0.2, 0.25) is 0 Å². The van der Waals surface area contributed by atoms with Gasteiger partial charge in [0.05, 0.1) is 41.1 Å². The number of anilines is 1. The molecule has 3 N–H and O–H groups in total. The average Bonchev–Trinajstić information content (AvgIpc) is 3.40. The summed E-state index contributed by atoms with van der Waals surface area (Å²) in [5.41, 5.74) is 2.39. The summed E-state index contributed by atoms with van der Waals surface area (Å²) in [5, 5.41) is 13.7.